The molecule has 0 bridgehead atoms. The van der Waals surface area contributed by atoms with E-state index in [2.05, 4.69) is 10.3 Å². The number of anilines is 1. The minimum absolute atomic E-state index is 0.0416. The number of nitro groups is 1. The van der Waals surface area contributed by atoms with E-state index in [-0.39, 0.29) is 18.0 Å². The second-order valence-electron chi connectivity index (χ2n) is 5.07. The van der Waals surface area contributed by atoms with Gasteiger partial charge in [-0.1, -0.05) is 29.5 Å². The number of nitro benzene ring substituents is 1. The highest BCUT2D eigenvalue weighted by Gasteiger charge is 2.12. The van der Waals surface area contributed by atoms with Gasteiger partial charge in [0, 0.05) is 17.7 Å². The molecule has 0 saturated heterocycles. The number of Topliss-reactive ketones (excluding diaryl/α,β-unsaturated/α-hetero) is 1. The van der Waals surface area contributed by atoms with Crippen LogP contribution in [0.25, 0.3) is 10.2 Å². The van der Waals surface area contributed by atoms with Crippen molar-refractivity contribution in [2.24, 2.45) is 0 Å². The Morgan fingerprint density at radius 1 is 1.30 bits per heavy atom. The number of carbonyl (C=O) groups is 1. The number of aromatic nitrogens is 1. The van der Waals surface area contributed by atoms with E-state index in [1.54, 1.807) is 6.07 Å². The van der Waals surface area contributed by atoms with Crippen molar-refractivity contribution < 1.29 is 9.72 Å². The first-order valence-corrected chi connectivity index (χ1v) is 7.73. The molecule has 3 aromatic rings. The van der Waals surface area contributed by atoms with Crippen molar-refractivity contribution in [3.63, 3.8) is 0 Å². The summed E-state index contributed by atoms with van der Waals surface area (Å²) in [5.41, 5.74) is 2.25. The van der Waals surface area contributed by atoms with Crippen LogP contribution in [-0.4, -0.2) is 22.2 Å². The quantitative estimate of drug-likeness (QED) is 0.437. The Kier molecular flexibility index (Phi) is 4.03. The smallest absolute Gasteiger partial charge is 0.270 e. The molecule has 23 heavy (non-hydrogen) atoms. The van der Waals surface area contributed by atoms with Crippen molar-refractivity contribution in [2.75, 3.05) is 11.9 Å². The lowest BCUT2D eigenvalue weighted by molar-refractivity contribution is -0.384. The first-order valence-electron chi connectivity index (χ1n) is 6.91. The van der Waals surface area contributed by atoms with Gasteiger partial charge in [-0.3, -0.25) is 14.9 Å². The molecule has 0 aliphatic rings. The monoisotopic (exact) mass is 327 g/mol. The summed E-state index contributed by atoms with van der Waals surface area (Å²) in [5.74, 6) is -0.218. The lowest BCUT2D eigenvalue weighted by Crippen LogP contribution is -2.13. The number of non-ortho nitro benzene ring substituents is 1. The average Bonchev–Trinajstić information content (AvgIpc) is 2.94. The molecule has 2 aromatic carbocycles. The summed E-state index contributed by atoms with van der Waals surface area (Å²) in [6, 6.07) is 11.7. The Labute approximate surface area is 135 Å². The SMILES string of the molecule is Cc1ccc2nc(NCC(=O)c3cccc([N+](=O)[O-])c3)sc2c1. The van der Waals surface area contributed by atoms with E-state index in [1.165, 1.54) is 29.5 Å². The predicted molar refractivity (Wildman–Crippen MR) is 90.3 cm³/mol. The van der Waals surface area contributed by atoms with E-state index in [4.69, 9.17) is 0 Å². The molecule has 0 spiro atoms. The molecule has 0 saturated carbocycles. The van der Waals surface area contributed by atoms with E-state index in [9.17, 15) is 14.9 Å². The van der Waals surface area contributed by atoms with E-state index in [1.807, 2.05) is 25.1 Å². The number of thiazole rings is 1. The molecule has 1 heterocycles. The molecule has 0 radical (unpaired) electrons. The number of nitrogens with one attached hydrogen (secondary N) is 1. The van der Waals surface area contributed by atoms with Gasteiger partial charge in [-0.25, -0.2) is 4.98 Å². The lowest BCUT2D eigenvalue weighted by atomic mass is 10.1. The molecule has 3 rings (SSSR count). The zero-order valence-corrected chi connectivity index (χ0v) is 13.1. The fraction of sp³-hybridized carbons (Fsp3) is 0.125. The Morgan fingerprint density at radius 2 is 2.13 bits per heavy atom. The standard InChI is InChI=1S/C16H13N3O3S/c1-10-5-6-13-15(7-10)23-16(18-13)17-9-14(20)11-3-2-4-12(8-11)19(21)22/h2-8H,9H2,1H3,(H,17,18). The first-order chi connectivity index (χ1) is 11.0. The number of fused-ring (bicyclic) bond motifs is 1. The summed E-state index contributed by atoms with van der Waals surface area (Å²) in [7, 11) is 0. The van der Waals surface area contributed by atoms with Crippen LogP contribution in [0.2, 0.25) is 0 Å². The van der Waals surface area contributed by atoms with Crippen molar-refractivity contribution in [2.45, 2.75) is 6.92 Å². The molecule has 6 nitrogen and oxygen atoms in total. The van der Waals surface area contributed by atoms with Crippen LogP contribution in [0.3, 0.4) is 0 Å². The fourth-order valence-corrected chi connectivity index (χ4v) is 3.12. The van der Waals surface area contributed by atoms with Crippen LogP contribution >= 0.6 is 11.3 Å². The summed E-state index contributed by atoms with van der Waals surface area (Å²) in [6.45, 7) is 2.05. The van der Waals surface area contributed by atoms with Crippen LogP contribution in [0.5, 0.6) is 0 Å². The molecule has 0 atom stereocenters. The number of ketones is 1. The Morgan fingerprint density at radius 3 is 2.91 bits per heavy atom. The number of hydrogen-bond donors (Lipinski definition) is 1. The fourth-order valence-electron chi connectivity index (χ4n) is 2.16. The Balaban J connectivity index is 1.72. The number of rotatable bonds is 5. The molecule has 0 amide bonds. The maximum atomic E-state index is 12.2. The van der Waals surface area contributed by atoms with Gasteiger partial charge in [0.1, 0.15) is 0 Å². The Bertz CT molecular complexity index is 904. The number of aryl methyl sites for hydroxylation is 1. The van der Waals surface area contributed by atoms with Crippen LogP contribution < -0.4 is 5.32 Å². The van der Waals surface area contributed by atoms with Crippen LogP contribution in [0, 0.1) is 17.0 Å². The van der Waals surface area contributed by atoms with Crippen molar-refractivity contribution >= 4 is 38.2 Å². The third-order valence-electron chi connectivity index (χ3n) is 3.32. The highest BCUT2D eigenvalue weighted by molar-refractivity contribution is 7.22. The molecular formula is C16H13N3O3S. The van der Waals surface area contributed by atoms with Gasteiger partial charge < -0.3 is 5.32 Å². The molecule has 0 aliphatic heterocycles. The molecular weight excluding hydrogens is 314 g/mol. The summed E-state index contributed by atoms with van der Waals surface area (Å²) >= 11 is 1.47. The topological polar surface area (TPSA) is 85.1 Å². The predicted octanol–water partition coefficient (Wildman–Crippen LogP) is 3.81. The highest BCUT2D eigenvalue weighted by atomic mass is 32.1. The molecule has 0 fully saturated rings. The minimum Gasteiger partial charge on any atom is -0.354 e. The van der Waals surface area contributed by atoms with Crippen LogP contribution in [0.4, 0.5) is 10.8 Å². The van der Waals surface area contributed by atoms with E-state index < -0.39 is 4.92 Å². The molecule has 1 N–H and O–H groups in total. The van der Waals surface area contributed by atoms with Crippen LogP contribution in [0.1, 0.15) is 15.9 Å². The van der Waals surface area contributed by atoms with Gasteiger partial charge in [-0.2, -0.15) is 0 Å². The van der Waals surface area contributed by atoms with E-state index in [0.29, 0.717) is 10.7 Å². The largest absolute Gasteiger partial charge is 0.354 e. The molecule has 7 heteroatoms. The second-order valence-corrected chi connectivity index (χ2v) is 6.11. The van der Waals surface area contributed by atoms with Gasteiger partial charge in [0.2, 0.25) is 0 Å². The maximum absolute atomic E-state index is 12.2. The summed E-state index contributed by atoms with van der Waals surface area (Å²) < 4.78 is 1.05. The zero-order valence-electron chi connectivity index (χ0n) is 12.3. The number of carbonyl (C=O) groups excluding carboxylic acids is 1. The second kappa shape index (κ2) is 6.13. The van der Waals surface area contributed by atoms with Gasteiger partial charge >= 0.3 is 0 Å². The third-order valence-corrected chi connectivity index (χ3v) is 4.30. The van der Waals surface area contributed by atoms with Crippen molar-refractivity contribution in [1.29, 1.82) is 0 Å². The number of benzene rings is 2. The van der Waals surface area contributed by atoms with Crippen molar-refractivity contribution in [1.82, 2.24) is 4.98 Å². The van der Waals surface area contributed by atoms with Crippen LogP contribution in [-0.2, 0) is 0 Å². The van der Waals surface area contributed by atoms with Crippen LogP contribution in [0.15, 0.2) is 42.5 Å². The maximum Gasteiger partial charge on any atom is 0.270 e. The minimum atomic E-state index is -0.514. The molecule has 0 unspecified atom stereocenters. The number of nitrogens with zero attached hydrogens (tertiary/aromatic N) is 2. The zero-order chi connectivity index (χ0) is 16.4. The highest BCUT2D eigenvalue weighted by Crippen LogP contribution is 2.26. The summed E-state index contributed by atoms with van der Waals surface area (Å²) in [5, 5.41) is 14.4. The number of hydrogen-bond acceptors (Lipinski definition) is 6. The molecule has 116 valence electrons. The third kappa shape index (κ3) is 3.35. The van der Waals surface area contributed by atoms with Gasteiger partial charge in [0.25, 0.3) is 5.69 Å². The van der Waals surface area contributed by atoms with Crippen molar-refractivity contribution in [3.05, 3.63) is 63.7 Å². The summed E-state index contributed by atoms with van der Waals surface area (Å²) in [6.07, 6.45) is 0. The normalized spacial score (nSPS) is 10.7. The Hall–Kier alpha value is -2.80. The van der Waals surface area contributed by atoms with Gasteiger partial charge in [0.05, 0.1) is 21.7 Å². The average molecular weight is 327 g/mol. The van der Waals surface area contributed by atoms with Gasteiger partial charge in [0.15, 0.2) is 10.9 Å². The van der Waals surface area contributed by atoms with E-state index >= 15 is 0 Å². The molecule has 1 aromatic heterocycles. The first kappa shape index (κ1) is 15.1. The summed E-state index contributed by atoms with van der Waals surface area (Å²) in [4.78, 5) is 26.8. The lowest BCUT2D eigenvalue weighted by Gasteiger charge is -2.02. The van der Waals surface area contributed by atoms with Crippen molar-refractivity contribution in [3.8, 4) is 0 Å². The van der Waals surface area contributed by atoms with E-state index in [0.717, 1.165) is 15.8 Å². The van der Waals surface area contributed by atoms with Gasteiger partial charge in [-0.05, 0) is 24.6 Å². The molecule has 0 aliphatic carbocycles. The van der Waals surface area contributed by atoms with Gasteiger partial charge in [-0.15, -0.1) is 0 Å².